The van der Waals surface area contributed by atoms with Gasteiger partial charge < -0.3 is 33.9 Å². The van der Waals surface area contributed by atoms with E-state index in [0.29, 0.717) is 24.3 Å². The van der Waals surface area contributed by atoms with Gasteiger partial charge in [-0.2, -0.15) is 0 Å². The summed E-state index contributed by atoms with van der Waals surface area (Å²) in [6, 6.07) is 5.54. The quantitative estimate of drug-likeness (QED) is 0.353. The smallest absolute Gasteiger partial charge is 0.331 e. The summed E-state index contributed by atoms with van der Waals surface area (Å²) in [6.07, 6.45) is 5.60. The Balaban J connectivity index is 1.24. The number of carbonyl (C=O) groups excluding carboxylic acids is 1. The standard InChI is InChI=1S/C33H45NO8/c1-6-34-17-31(41-5)12-11-26(35)33-20-14-19-24(40-4)16-32(37,21(30(33)34)15-25(31)33)28(20)29(19)42-27(36)10-8-18-7-9-22(38-2)23(13-18)39-3/h7-10,13,19-21,24-26,28-30,35,37H,6,11-12,14-17H2,1-5H3/b10-8+/t19-,20-,21+,24+,25+,26-,28-,29+,30+,31-,32+,33-/m1/s1. The Morgan fingerprint density at radius 3 is 2.60 bits per heavy atom. The van der Waals surface area contributed by atoms with Gasteiger partial charge in [0.15, 0.2) is 11.5 Å². The van der Waals surface area contributed by atoms with Crippen molar-refractivity contribution in [2.45, 2.75) is 74.6 Å². The third-order valence-electron chi connectivity index (χ3n) is 12.7. The van der Waals surface area contributed by atoms with Gasteiger partial charge in [-0.15, -0.1) is 0 Å². The average molecular weight is 584 g/mol. The molecule has 6 aliphatic rings. The molecule has 5 aliphatic carbocycles. The zero-order chi connectivity index (χ0) is 29.6. The highest BCUT2D eigenvalue weighted by atomic mass is 16.6. The van der Waals surface area contributed by atoms with Gasteiger partial charge in [0.05, 0.1) is 37.6 Å². The molecule has 1 saturated heterocycles. The van der Waals surface area contributed by atoms with Crippen molar-refractivity contribution in [3.05, 3.63) is 29.8 Å². The first-order valence-electron chi connectivity index (χ1n) is 15.6. The minimum atomic E-state index is -1.05. The van der Waals surface area contributed by atoms with Crippen LogP contribution in [0.4, 0.5) is 0 Å². The summed E-state index contributed by atoms with van der Waals surface area (Å²) in [7, 11) is 6.68. The van der Waals surface area contributed by atoms with E-state index in [1.165, 1.54) is 6.08 Å². The summed E-state index contributed by atoms with van der Waals surface area (Å²) in [5.74, 6) is 0.581. The van der Waals surface area contributed by atoms with Gasteiger partial charge in [-0.1, -0.05) is 13.0 Å². The molecule has 7 rings (SSSR count). The highest BCUT2D eigenvalue weighted by Crippen LogP contribution is 2.78. The molecule has 1 aromatic carbocycles. The topological polar surface area (TPSA) is 107 Å². The van der Waals surface area contributed by atoms with Crippen LogP contribution < -0.4 is 9.47 Å². The lowest BCUT2D eigenvalue weighted by Crippen LogP contribution is -2.77. The van der Waals surface area contributed by atoms with E-state index >= 15 is 0 Å². The SMILES string of the molecule is CCN1C[C@]2(OC)CC[C@@H](O)[C@@]34[C@@H]5C[C@H]6[C@H](OC(=O)/C=C/c7ccc(OC)c(OC)c7)[C@@H]5[C@](O)(C[C@@H]6OC)[C@@H](C[C@@H]23)[C@H]14. The number of esters is 1. The molecule has 0 amide bonds. The summed E-state index contributed by atoms with van der Waals surface area (Å²) >= 11 is 0. The van der Waals surface area contributed by atoms with Crippen LogP contribution in [0.1, 0.15) is 44.6 Å². The van der Waals surface area contributed by atoms with E-state index in [-0.39, 0.29) is 47.3 Å². The Morgan fingerprint density at radius 2 is 1.90 bits per heavy atom. The van der Waals surface area contributed by atoms with Gasteiger partial charge in [-0.05, 0) is 67.8 Å². The second-order valence-corrected chi connectivity index (χ2v) is 13.6. The molecule has 230 valence electrons. The molecule has 0 radical (unpaired) electrons. The number of carbonyl (C=O) groups is 1. The minimum Gasteiger partial charge on any atom is -0.493 e. The van der Waals surface area contributed by atoms with Crippen LogP contribution in [0.3, 0.4) is 0 Å². The van der Waals surface area contributed by atoms with Crippen molar-refractivity contribution in [1.29, 1.82) is 0 Å². The van der Waals surface area contributed by atoms with Gasteiger partial charge in [0.25, 0.3) is 0 Å². The van der Waals surface area contributed by atoms with Crippen LogP contribution in [0.5, 0.6) is 11.5 Å². The van der Waals surface area contributed by atoms with Gasteiger partial charge in [0, 0.05) is 62.5 Å². The Kier molecular flexibility index (Phi) is 6.76. The van der Waals surface area contributed by atoms with Crippen LogP contribution in [-0.2, 0) is 19.0 Å². The van der Waals surface area contributed by atoms with E-state index in [1.54, 1.807) is 33.5 Å². The number of aliphatic hydroxyl groups is 2. The fraction of sp³-hybridized carbons (Fsp3) is 0.727. The summed E-state index contributed by atoms with van der Waals surface area (Å²) in [4.78, 5) is 15.9. The highest BCUT2D eigenvalue weighted by molar-refractivity contribution is 5.87. The van der Waals surface area contributed by atoms with Crippen molar-refractivity contribution in [2.75, 3.05) is 41.5 Å². The molecule has 7 bridgehead atoms. The number of ether oxygens (including phenoxy) is 5. The van der Waals surface area contributed by atoms with Crippen molar-refractivity contribution in [3.8, 4) is 11.5 Å². The molecule has 6 fully saturated rings. The van der Waals surface area contributed by atoms with Crippen LogP contribution in [0, 0.1) is 35.0 Å². The number of likely N-dealkylation sites (N-methyl/N-ethyl adjacent to an activating group) is 1. The number of piperidine rings is 1. The molecule has 9 heteroatoms. The molecular formula is C33H45NO8. The molecule has 9 nitrogen and oxygen atoms in total. The van der Waals surface area contributed by atoms with E-state index in [0.717, 1.165) is 37.9 Å². The van der Waals surface area contributed by atoms with E-state index in [2.05, 4.69) is 11.8 Å². The first kappa shape index (κ1) is 28.6. The lowest BCUT2D eigenvalue weighted by molar-refractivity contribution is -0.285. The number of methoxy groups -OCH3 is 4. The van der Waals surface area contributed by atoms with Crippen molar-refractivity contribution >= 4 is 12.0 Å². The summed E-state index contributed by atoms with van der Waals surface area (Å²) in [5.41, 5.74) is -1.00. The van der Waals surface area contributed by atoms with Gasteiger partial charge in [-0.3, -0.25) is 4.90 Å². The van der Waals surface area contributed by atoms with Crippen LogP contribution in [0.25, 0.3) is 6.08 Å². The molecule has 0 unspecified atom stereocenters. The predicted molar refractivity (Wildman–Crippen MR) is 154 cm³/mol. The van der Waals surface area contributed by atoms with Crippen molar-refractivity contribution in [1.82, 2.24) is 4.90 Å². The Morgan fingerprint density at radius 1 is 1.12 bits per heavy atom. The van der Waals surface area contributed by atoms with Crippen LogP contribution in [-0.4, -0.2) is 98.2 Å². The first-order valence-corrected chi connectivity index (χ1v) is 15.6. The Bertz CT molecular complexity index is 1270. The number of likely N-dealkylation sites (tertiary alicyclic amines) is 1. The van der Waals surface area contributed by atoms with E-state index in [1.807, 2.05) is 19.2 Å². The molecule has 42 heavy (non-hydrogen) atoms. The number of rotatable bonds is 8. The molecule has 1 aliphatic heterocycles. The van der Waals surface area contributed by atoms with Crippen molar-refractivity contribution < 1.29 is 38.7 Å². The lowest BCUT2D eigenvalue weighted by atomic mass is 9.45. The van der Waals surface area contributed by atoms with Crippen molar-refractivity contribution in [2.24, 2.45) is 35.0 Å². The highest BCUT2D eigenvalue weighted by Gasteiger charge is 2.84. The normalized spacial score (nSPS) is 46.6. The third kappa shape index (κ3) is 3.51. The maximum absolute atomic E-state index is 13.4. The number of hydrogen-bond acceptors (Lipinski definition) is 9. The molecule has 12 atom stereocenters. The van der Waals surface area contributed by atoms with Crippen LogP contribution in [0.15, 0.2) is 24.3 Å². The minimum absolute atomic E-state index is 0.00760. The predicted octanol–water partition coefficient (Wildman–Crippen LogP) is 2.91. The summed E-state index contributed by atoms with van der Waals surface area (Å²) < 4.78 is 29.5. The van der Waals surface area contributed by atoms with E-state index in [4.69, 9.17) is 23.7 Å². The lowest BCUT2D eigenvalue weighted by Gasteiger charge is -2.68. The molecule has 1 aromatic rings. The molecule has 5 saturated carbocycles. The fourth-order valence-electron chi connectivity index (χ4n) is 11.4. The van der Waals surface area contributed by atoms with Crippen LogP contribution in [0.2, 0.25) is 0 Å². The monoisotopic (exact) mass is 583 g/mol. The summed E-state index contributed by atoms with van der Waals surface area (Å²) in [5, 5.41) is 24.8. The Hall–Kier alpha value is -2.17. The molecule has 1 spiro atoms. The maximum Gasteiger partial charge on any atom is 0.331 e. The number of benzene rings is 1. The van der Waals surface area contributed by atoms with Gasteiger partial charge in [0.2, 0.25) is 0 Å². The van der Waals surface area contributed by atoms with E-state index < -0.39 is 29.2 Å². The second kappa shape index (κ2) is 9.92. The fourth-order valence-corrected chi connectivity index (χ4v) is 11.4. The third-order valence-corrected chi connectivity index (χ3v) is 12.7. The largest absolute Gasteiger partial charge is 0.493 e. The average Bonchev–Trinajstić information content (AvgIpc) is 3.45. The van der Waals surface area contributed by atoms with Gasteiger partial charge >= 0.3 is 5.97 Å². The number of fused-ring (bicyclic) bond motifs is 2. The molecule has 2 N–H and O–H groups in total. The van der Waals surface area contributed by atoms with E-state index in [9.17, 15) is 15.0 Å². The van der Waals surface area contributed by atoms with Gasteiger partial charge in [0.1, 0.15) is 6.10 Å². The maximum atomic E-state index is 13.4. The molecule has 1 heterocycles. The zero-order valence-electron chi connectivity index (χ0n) is 25.3. The first-order chi connectivity index (χ1) is 20.2. The summed E-state index contributed by atoms with van der Waals surface area (Å²) in [6.45, 7) is 3.86. The van der Waals surface area contributed by atoms with Gasteiger partial charge in [-0.25, -0.2) is 4.79 Å². The molecule has 0 aromatic heterocycles. The zero-order valence-corrected chi connectivity index (χ0v) is 25.3. The van der Waals surface area contributed by atoms with Crippen molar-refractivity contribution in [3.63, 3.8) is 0 Å². The number of nitrogens with zero attached hydrogens (tertiary/aromatic N) is 1. The number of hydrogen-bond donors (Lipinski definition) is 2. The Labute approximate surface area is 248 Å². The molecular weight excluding hydrogens is 538 g/mol. The number of aliphatic hydroxyl groups excluding tert-OH is 1. The second-order valence-electron chi connectivity index (χ2n) is 13.6. The van der Waals surface area contributed by atoms with Crippen LogP contribution >= 0.6 is 0 Å².